The molecule has 0 aromatic heterocycles. The van der Waals surface area contributed by atoms with Gasteiger partial charge in [-0.25, -0.2) is 0 Å². The Bertz CT molecular complexity index is 1360. The molecule has 2 fully saturated rings. The number of hydrogen-bond donors (Lipinski definition) is 2. The summed E-state index contributed by atoms with van der Waals surface area (Å²) in [7, 11) is 0. The molecule has 0 saturated carbocycles. The van der Waals surface area contributed by atoms with E-state index < -0.39 is 24.3 Å². The number of rotatable bonds is 9. The number of hydrogen-bond acceptors (Lipinski definition) is 7. The van der Waals surface area contributed by atoms with Gasteiger partial charge in [0.15, 0.2) is 12.4 Å². The van der Waals surface area contributed by atoms with Crippen LogP contribution in [0.2, 0.25) is 0 Å². The molecule has 2 aliphatic rings. The van der Waals surface area contributed by atoms with Crippen LogP contribution in [0.5, 0.6) is 0 Å². The van der Waals surface area contributed by atoms with Crippen molar-refractivity contribution in [3.63, 3.8) is 0 Å². The van der Waals surface area contributed by atoms with Crippen molar-refractivity contribution >= 4 is 17.6 Å². The fourth-order valence-electron chi connectivity index (χ4n) is 6.22. The predicted molar refractivity (Wildman–Crippen MR) is 169 cm³/mol. The molecule has 0 spiro atoms. The lowest BCUT2D eigenvalue weighted by Gasteiger charge is -2.44. The van der Waals surface area contributed by atoms with Gasteiger partial charge in [-0.2, -0.15) is 0 Å². The number of likely N-dealkylation sites (tertiary alicyclic amines) is 1. The fraction of sp³-hybridized carbons (Fsp3) is 0.444. The number of amides is 1. The Morgan fingerprint density at radius 3 is 2.25 bits per heavy atom. The van der Waals surface area contributed by atoms with Gasteiger partial charge in [0.05, 0.1) is 18.8 Å². The zero-order chi connectivity index (χ0) is 30.9. The second-order valence-corrected chi connectivity index (χ2v) is 11.8. The number of carbonyl (C=O) groups is 2. The van der Waals surface area contributed by atoms with Crippen LogP contribution in [-0.2, 0) is 30.4 Å². The van der Waals surface area contributed by atoms with E-state index in [-0.39, 0.29) is 24.7 Å². The zero-order valence-electron chi connectivity index (χ0n) is 25.7. The minimum atomic E-state index is -0.918. The van der Waals surface area contributed by atoms with E-state index in [1.165, 1.54) is 39.0 Å². The third kappa shape index (κ3) is 8.33. The van der Waals surface area contributed by atoms with Gasteiger partial charge in [0.1, 0.15) is 0 Å². The second-order valence-electron chi connectivity index (χ2n) is 11.8. The van der Waals surface area contributed by atoms with Crippen molar-refractivity contribution in [3.8, 4) is 0 Å². The predicted octanol–water partition coefficient (Wildman–Crippen LogP) is 6.27. The molecule has 2 N–H and O–H groups in total. The minimum Gasteiger partial charge on any atom is -0.453 e. The first-order valence-corrected chi connectivity index (χ1v) is 15.8. The maximum Gasteiger partial charge on any atom is 0.303 e. The van der Waals surface area contributed by atoms with E-state index in [1.54, 1.807) is 13.0 Å². The van der Waals surface area contributed by atoms with Gasteiger partial charge in [0, 0.05) is 30.6 Å². The summed E-state index contributed by atoms with van der Waals surface area (Å²) >= 11 is 0. The van der Waals surface area contributed by atoms with Crippen molar-refractivity contribution < 1.29 is 28.9 Å². The molecule has 0 aliphatic carbocycles. The van der Waals surface area contributed by atoms with Crippen LogP contribution in [0.1, 0.15) is 86.5 Å². The highest BCUT2D eigenvalue weighted by Crippen LogP contribution is 2.47. The topological polar surface area (TPSA) is 97.3 Å². The molecule has 8 heteroatoms. The van der Waals surface area contributed by atoms with Gasteiger partial charge in [0.25, 0.3) is 5.91 Å². The van der Waals surface area contributed by atoms with Crippen molar-refractivity contribution in [2.24, 2.45) is 0 Å². The highest BCUT2D eigenvalue weighted by molar-refractivity contribution is 5.95. The molecule has 3 aromatic rings. The van der Waals surface area contributed by atoms with Crippen molar-refractivity contribution in [2.45, 2.75) is 83.1 Å². The monoisotopic (exact) mass is 600 g/mol. The number of ether oxygens (including phenoxy) is 3. The summed E-state index contributed by atoms with van der Waals surface area (Å²) in [4.78, 5) is 26.6. The average molecular weight is 601 g/mol. The molecule has 2 saturated heterocycles. The molecule has 3 aromatic carbocycles. The molecule has 44 heavy (non-hydrogen) atoms. The molecule has 234 valence electrons. The van der Waals surface area contributed by atoms with Crippen molar-refractivity contribution in [3.05, 3.63) is 101 Å². The van der Waals surface area contributed by atoms with E-state index in [9.17, 15) is 14.7 Å². The molecule has 0 bridgehead atoms. The summed E-state index contributed by atoms with van der Waals surface area (Å²) in [6.45, 7) is 5.67. The Hall–Kier alpha value is -3.56. The summed E-state index contributed by atoms with van der Waals surface area (Å²) in [5.41, 5.74) is 4.36. The average Bonchev–Trinajstić information content (AvgIpc) is 3.02. The number of anilines is 1. The van der Waals surface area contributed by atoms with Gasteiger partial charge < -0.3 is 29.5 Å². The van der Waals surface area contributed by atoms with Gasteiger partial charge in [-0.15, -0.1) is 0 Å². The summed E-state index contributed by atoms with van der Waals surface area (Å²) in [5, 5.41) is 12.5. The number of benzene rings is 3. The molecule has 1 amide bonds. The molecule has 2 heterocycles. The van der Waals surface area contributed by atoms with E-state index in [2.05, 4.69) is 34.5 Å². The Morgan fingerprint density at radius 2 is 1.57 bits per heavy atom. The van der Waals surface area contributed by atoms with E-state index in [0.717, 1.165) is 41.9 Å². The van der Waals surface area contributed by atoms with E-state index in [1.807, 2.05) is 48.5 Å². The number of aliphatic hydroxyl groups excluding tert-OH is 1. The van der Waals surface area contributed by atoms with Crippen LogP contribution in [-0.4, -0.2) is 53.7 Å². The summed E-state index contributed by atoms with van der Waals surface area (Å²) in [6, 6.07) is 25.8. The van der Waals surface area contributed by atoms with Crippen LogP contribution in [0, 0.1) is 0 Å². The highest BCUT2D eigenvalue weighted by Gasteiger charge is 2.42. The molecule has 0 radical (unpaired) electrons. The molecular formula is C36H44N2O6. The van der Waals surface area contributed by atoms with Gasteiger partial charge in [-0.1, -0.05) is 86.0 Å². The Balaban J connectivity index is 1.48. The molecule has 8 nitrogen and oxygen atoms in total. The lowest BCUT2D eigenvalue weighted by atomic mass is 9.83. The molecule has 1 unspecified atom stereocenters. The number of esters is 1. The Morgan fingerprint density at radius 1 is 0.886 bits per heavy atom. The van der Waals surface area contributed by atoms with Crippen LogP contribution >= 0.6 is 0 Å². The summed E-state index contributed by atoms with van der Waals surface area (Å²) in [5.74, 6) is -0.989. The smallest absolute Gasteiger partial charge is 0.303 e. The van der Waals surface area contributed by atoms with Crippen LogP contribution in [0.15, 0.2) is 78.9 Å². The Kier molecular flexibility index (Phi) is 11.2. The van der Waals surface area contributed by atoms with Gasteiger partial charge in [-0.05, 0) is 61.7 Å². The number of nitrogens with one attached hydrogen (secondary N) is 1. The first-order chi connectivity index (χ1) is 21.4. The normalized spacial score (nSPS) is 23.6. The van der Waals surface area contributed by atoms with Crippen LogP contribution in [0.25, 0.3) is 0 Å². The second kappa shape index (κ2) is 15.4. The molecule has 5 rings (SSSR count). The minimum absolute atomic E-state index is 0.0220. The van der Waals surface area contributed by atoms with E-state index >= 15 is 0 Å². The molecule has 2 aliphatic heterocycles. The Labute approximate surface area is 260 Å². The standard InChI is InChI=1S/C36H44N2O6/c1-25(42-26(2)40)35(41)37-31-15-11-14-30(22-31)36-43-32(23-38-20-9-4-3-5-10-21-38)33(28-12-7-6-8-13-28)34(44-36)29-18-16-27(24-39)17-19-29/h6-8,11-19,22,25,32-34,36,39H,3-5,9-10,20-21,23-24H2,1-2H3,(H,37,41)/t25-,32+,33+,34-,36?/m0/s1. The number of aliphatic hydroxyl groups is 1. The molecular weight excluding hydrogens is 556 g/mol. The lowest BCUT2D eigenvalue weighted by molar-refractivity contribution is -0.263. The van der Waals surface area contributed by atoms with Crippen LogP contribution in [0.4, 0.5) is 5.69 Å². The zero-order valence-corrected chi connectivity index (χ0v) is 25.7. The largest absolute Gasteiger partial charge is 0.453 e. The quantitative estimate of drug-likeness (QED) is 0.279. The van der Waals surface area contributed by atoms with Crippen molar-refractivity contribution in [1.82, 2.24) is 4.90 Å². The number of nitrogens with zero attached hydrogens (tertiary/aromatic N) is 1. The SMILES string of the molecule is CC(=O)O[C@@H](C)C(=O)Nc1cccc(C2O[C@H](CN3CCCCCCC3)[C@@H](c3ccccc3)[C@H](c3ccc(CO)cc3)O2)c1. The van der Waals surface area contributed by atoms with Gasteiger partial charge >= 0.3 is 5.97 Å². The fourth-order valence-corrected chi connectivity index (χ4v) is 6.22. The highest BCUT2D eigenvalue weighted by atomic mass is 16.7. The first-order valence-electron chi connectivity index (χ1n) is 15.8. The molecule has 5 atom stereocenters. The third-order valence-corrected chi connectivity index (χ3v) is 8.50. The van der Waals surface area contributed by atoms with Crippen LogP contribution < -0.4 is 5.32 Å². The van der Waals surface area contributed by atoms with Crippen molar-refractivity contribution in [2.75, 3.05) is 25.0 Å². The van der Waals surface area contributed by atoms with E-state index in [0.29, 0.717) is 5.69 Å². The van der Waals surface area contributed by atoms with E-state index in [4.69, 9.17) is 14.2 Å². The van der Waals surface area contributed by atoms with Gasteiger partial charge in [0.2, 0.25) is 0 Å². The summed E-state index contributed by atoms with van der Waals surface area (Å²) in [6.07, 6.45) is 4.10. The van der Waals surface area contributed by atoms with Crippen molar-refractivity contribution in [1.29, 1.82) is 0 Å². The number of carbonyl (C=O) groups excluding carboxylic acids is 2. The summed E-state index contributed by atoms with van der Waals surface area (Å²) < 4.78 is 18.8. The third-order valence-electron chi connectivity index (χ3n) is 8.50. The lowest BCUT2D eigenvalue weighted by Crippen LogP contribution is -2.45. The van der Waals surface area contributed by atoms with Gasteiger partial charge in [-0.3, -0.25) is 9.59 Å². The maximum atomic E-state index is 12.7. The maximum absolute atomic E-state index is 12.7. The first kappa shape index (κ1) is 31.9. The van der Waals surface area contributed by atoms with Crippen LogP contribution in [0.3, 0.4) is 0 Å².